The van der Waals surface area contributed by atoms with E-state index in [1.54, 1.807) is 12.1 Å². The average Bonchev–Trinajstić information content (AvgIpc) is 2.53. The van der Waals surface area contributed by atoms with E-state index in [2.05, 4.69) is 10.6 Å². The van der Waals surface area contributed by atoms with Gasteiger partial charge >= 0.3 is 6.03 Å². The van der Waals surface area contributed by atoms with Crippen LogP contribution in [0.4, 0.5) is 23.7 Å². The first-order valence-corrected chi connectivity index (χ1v) is 7.97. The summed E-state index contributed by atoms with van der Waals surface area (Å²) < 4.78 is 40.5. The van der Waals surface area contributed by atoms with Crippen LogP contribution in [-0.4, -0.2) is 11.8 Å². The van der Waals surface area contributed by atoms with Gasteiger partial charge in [0.25, 0.3) is 0 Å². The van der Waals surface area contributed by atoms with Crippen LogP contribution in [0, 0.1) is 17.5 Å². The van der Waals surface area contributed by atoms with Gasteiger partial charge in [-0.1, -0.05) is 18.2 Å². The van der Waals surface area contributed by atoms with Crippen molar-refractivity contribution in [3.63, 3.8) is 0 Å². The summed E-state index contributed by atoms with van der Waals surface area (Å²) in [5.74, 6) is -1.82. The van der Waals surface area contributed by atoms with Gasteiger partial charge < -0.3 is 10.6 Å². The van der Waals surface area contributed by atoms with Crippen molar-refractivity contribution in [3.8, 4) is 0 Å². The van der Waals surface area contributed by atoms with E-state index in [0.717, 1.165) is 6.07 Å². The molecule has 2 aromatic carbocycles. The molecule has 0 aromatic heterocycles. The maximum absolute atomic E-state index is 13.8. The van der Waals surface area contributed by atoms with Crippen LogP contribution in [0.5, 0.6) is 0 Å². The third-order valence-corrected chi connectivity index (χ3v) is 4.69. The first-order valence-electron chi connectivity index (χ1n) is 6.99. The molecule has 1 atom stereocenters. The van der Waals surface area contributed by atoms with Crippen molar-refractivity contribution in [2.45, 2.75) is 17.4 Å². The quantitative estimate of drug-likeness (QED) is 0.849. The lowest BCUT2D eigenvalue weighted by Crippen LogP contribution is -2.34. The SMILES string of the molecule is O=C(Nc1cccc(F)c1F)NC1CCSc2c(F)cccc21. The minimum absolute atomic E-state index is 0.243. The van der Waals surface area contributed by atoms with Gasteiger partial charge in [-0.25, -0.2) is 18.0 Å². The summed E-state index contributed by atoms with van der Waals surface area (Å²) in [6.45, 7) is 0. The lowest BCUT2D eigenvalue weighted by molar-refractivity contribution is 0.247. The van der Waals surface area contributed by atoms with Crippen LogP contribution < -0.4 is 10.6 Å². The molecule has 0 spiro atoms. The Morgan fingerprint density at radius 2 is 1.83 bits per heavy atom. The molecular formula is C16H13F3N2OS. The van der Waals surface area contributed by atoms with Gasteiger partial charge in [-0.3, -0.25) is 0 Å². The Labute approximate surface area is 135 Å². The van der Waals surface area contributed by atoms with Crippen molar-refractivity contribution in [2.75, 3.05) is 11.1 Å². The summed E-state index contributed by atoms with van der Waals surface area (Å²) in [7, 11) is 0. The number of fused-ring (bicyclic) bond motifs is 1. The van der Waals surface area contributed by atoms with Crippen molar-refractivity contribution in [3.05, 3.63) is 59.4 Å². The van der Waals surface area contributed by atoms with Crippen molar-refractivity contribution in [2.24, 2.45) is 0 Å². The number of benzene rings is 2. The van der Waals surface area contributed by atoms with Gasteiger partial charge in [0, 0.05) is 10.6 Å². The van der Waals surface area contributed by atoms with Crippen LogP contribution in [0.15, 0.2) is 41.3 Å². The minimum atomic E-state index is -1.12. The van der Waals surface area contributed by atoms with E-state index in [-0.39, 0.29) is 17.5 Å². The smallest absolute Gasteiger partial charge is 0.319 e. The Kier molecular flexibility index (Phi) is 4.47. The monoisotopic (exact) mass is 338 g/mol. The number of halogens is 3. The molecule has 0 aliphatic carbocycles. The lowest BCUT2D eigenvalue weighted by Gasteiger charge is -2.26. The largest absolute Gasteiger partial charge is 0.331 e. The van der Waals surface area contributed by atoms with Crippen LogP contribution in [0.1, 0.15) is 18.0 Å². The van der Waals surface area contributed by atoms with E-state index < -0.39 is 17.7 Å². The fourth-order valence-corrected chi connectivity index (χ4v) is 3.59. The molecule has 2 N–H and O–H groups in total. The number of anilines is 1. The second-order valence-electron chi connectivity index (χ2n) is 5.05. The third kappa shape index (κ3) is 3.29. The number of nitrogens with one attached hydrogen (secondary N) is 2. The number of rotatable bonds is 2. The number of carbonyl (C=O) groups is 1. The van der Waals surface area contributed by atoms with Gasteiger partial charge in [-0.05, 0) is 30.2 Å². The molecule has 2 amide bonds. The fourth-order valence-electron chi connectivity index (χ4n) is 2.45. The molecule has 3 rings (SSSR count). The molecule has 1 unspecified atom stereocenters. The molecule has 120 valence electrons. The van der Waals surface area contributed by atoms with Crippen LogP contribution in [0.25, 0.3) is 0 Å². The van der Waals surface area contributed by atoms with E-state index >= 15 is 0 Å². The number of hydrogen-bond donors (Lipinski definition) is 2. The van der Waals surface area contributed by atoms with Crippen molar-refractivity contribution >= 4 is 23.5 Å². The summed E-state index contributed by atoms with van der Waals surface area (Å²) >= 11 is 1.40. The lowest BCUT2D eigenvalue weighted by atomic mass is 10.0. The predicted octanol–water partition coefficient (Wildman–Crippen LogP) is 4.46. The highest BCUT2D eigenvalue weighted by Crippen LogP contribution is 2.37. The Hall–Kier alpha value is -2.15. The zero-order valence-corrected chi connectivity index (χ0v) is 12.7. The topological polar surface area (TPSA) is 41.1 Å². The summed E-state index contributed by atoms with van der Waals surface area (Å²) in [5, 5.41) is 4.96. The normalized spacial score (nSPS) is 16.6. The van der Waals surface area contributed by atoms with Crippen molar-refractivity contribution in [1.29, 1.82) is 0 Å². The molecule has 2 aromatic rings. The van der Waals surface area contributed by atoms with E-state index in [9.17, 15) is 18.0 Å². The van der Waals surface area contributed by atoms with Gasteiger partial charge in [-0.2, -0.15) is 0 Å². The standard InChI is InChI=1S/C16H13F3N2OS/c17-10-4-2-6-13(14(10)19)21-16(22)20-12-7-8-23-15-9(12)3-1-5-11(15)18/h1-6,12H,7-8H2,(H2,20,21,22). The minimum Gasteiger partial charge on any atom is -0.331 e. The molecule has 0 bridgehead atoms. The van der Waals surface area contributed by atoms with Crippen LogP contribution in [-0.2, 0) is 0 Å². The highest BCUT2D eigenvalue weighted by Gasteiger charge is 2.24. The van der Waals surface area contributed by atoms with Gasteiger partial charge in [0.1, 0.15) is 5.82 Å². The number of hydrogen-bond acceptors (Lipinski definition) is 2. The number of thioether (sulfide) groups is 1. The van der Waals surface area contributed by atoms with Crippen LogP contribution >= 0.6 is 11.8 Å². The maximum atomic E-state index is 13.8. The molecule has 1 heterocycles. The molecule has 1 aliphatic rings. The molecule has 7 heteroatoms. The Morgan fingerprint density at radius 3 is 2.65 bits per heavy atom. The summed E-state index contributed by atoms with van der Waals surface area (Å²) in [4.78, 5) is 12.5. The first kappa shape index (κ1) is 15.7. The van der Waals surface area contributed by atoms with Crippen molar-refractivity contribution in [1.82, 2.24) is 5.32 Å². The molecule has 1 aliphatic heterocycles. The van der Waals surface area contributed by atoms with E-state index in [1.807, 2.05) is 0 Å². The summed E-state index contributed by atoms with van der Waals surface area (Å²) in [6.07, 6.45) is 0.625. The fraction of sp³-hybridized carbons (Fsp3) is 0.188. The third-order valence-electron chi connectivity index (χ3n) is 3.53. The molecular weight excluding hydrogens is 325 g/mol. The molecule has 0 saturated heterocycles. The Balaban J connectivity index is 1.75. The second kappa shape index (κ2) is 6.54. The maximum Gasteiger partial charge on any atom is 0.319 e. The number of carbonyl (C=O) groups excluding carboxylic acids is 1. The van der Waals surface area contributed by atoms with E-state index in [1.165, 1.54) is 30.0 Å². The van der Waals surface area contributed by atoms with Crippen LogP contribution in [0.3, 0.4) is 0 Å². The Bertz CT molecular complexity index is 754. The molecule has 0 fully saturated rings. The van der Waals surface area contributed by atoms with Crippen LogP contribution in [0.2, 0.25) is 0 Å². The number of amides is 2. The van der Waals surface area contributed by atoms with Gasteiger partial charge in [0.15, 0.2) is 11.6 Å². The molecule has 0 saturated carbocycles. The first-order chi connectivity index (χ1) is 11.1. The zero-order valence-electron chi connectivity index (χ0n) is 11.9. The molecule has 0 radical (unpaired) electrons. The zero-order chi connectivity index (χ0) is 16.4. The Morgan fingerprint density at radius 1 is 1.09 bits per heavy atom. The predicted molar refractivity (Wildman–Crippen MR) is 83.0 cm³/mol. The average molecular weight is 338 g/mol. The second-order valence-corrected chi connectivity index (χ2v) is 6.15. The molecule has 3 nitrogen and oxygen atoms in total. The van der Waals surface area contributed by atoms with Gasteiger partial charge in [0.05, 0.1) is 11.7 Å². The van der Waals surface area contributed by atoms with E-state index in [4.69, 9.17) is 0 Å². The summed E-state index contributed by atoms with van der Waals surface area (Å²) in [6, 6.07) is 7.20. The van der Waals surface area contributed by atoms with Gasteiger partial charge in [0.2, 0.25) is 0 Å². The molecule has 23 heavy (non-hydrogen) atoms. The summed E-state index contributed by atoms with van der Waals surface area (Å²) in [5.41, 5.74) is 0.447. The van der Waals surface area contributed by atoms with Crippen molar-refractivity contribution < 1.29 is 18.0 Å². The van der Waals surface area contributed by atoms with Gasteiger partial charge in [-0.15, -0.1) is 11.8 Å². The highest BCUT2D eigenvalue weighted by atomic mass is 32.2. The van der Waals surface area contributed by atoms with E-state index in [0.29, 0.717) is 22.6 Å². The highest BCUT2D eigenvalue weighted by molar-refractivity contribution is 7.99. The number of urea groups is 1.